The van der Waals surface area contributed by atoms with E-state index in [1.165, 1.54) is 11.8 Å². The van der Waals surface area contributed by atoms with Crippen LogP contribution >= 0.6 is 11.8 Å². The minimum Gasteiger partial charge on any atom is -0.486 e. The van der Waals surface area contributed by atoms with E-state index in [-0.39, 0.29) is 5.56 Å². The molecule has 0 spiro atoms. The Balaban J connectivity index is 1.71. The number of hydrogen-bond donors (Lipinski definition) is 1. The molecule has 2 aromatic rings. The predicted octanol–water partition coefficient (Wildman–Crippen LogP) is 2.79. The number of benzene rings is 1. The first-order valence-corrected chi connectivity index (χ1v) is 8.34. The van der Waals surface area contributed by atoms with Crippen molar-refractivity contribution in [3.8, 4) is 11.5 Å². The largest absolute Gasteiger partial charge is 0.486 e. The van der Waals surface area contributed by atoms with Gasteiger partial charge in [0.2, 0.25) is 0 Å². The summed E-state index contributed by atoms with van der Waals surface area (Å²) in [6.45, 7) is 3.25. The predicted molar refractivity (Wildman–Crippen MR) is 85.8 cm³/mol. The Bertz CT molecular complexity index is 715. The summed E-state index contributed by atoms with van der Waals surface area (Å²) in [4.78, 5) is 18.9. The Hall–Kier alpha value is -1.95. The topological polar surface area (TPSA) is 64.2 Å². The molecule has 0 bridgehead atoms. The first kappa shape index (κ1) is 15.0. The van der Waals surface area contributed by atoms with Gasteiger partial charge >= 0.3 is 0 Å². The van der Waals surface area contributed by atoms with Crippen molar-refractivity contribution < 1.29 is 9.47 Å². The van der Waals surface area contributed by atoms with Crippen molar-refractivity contribution in [2.75, 3.05) is 13.2 Å². The highest BCUT2D eigenvalue weighted by molar-refractivity contribution is 7.98. The second-order valence-corrected chi connectivity index (χ2v) is 6.02. The fourth-order valence-corrected chi connectivity index (χ4v) is 3.10. The quantitative estimate of drug-likeness (QED) is 0.678. The van der Waals surface area contributed by atoms with Gasteiger partial charge < -0.3 is 14.5 Å². The number of rotatable bonds is 5. The lowest BCUT2D eigenvalue weighted by Crippen LogP contribution is -2.15. The van der Waals surface area contributed by atoms with Crippen molar-refractivity contribution >= 4 is 11.8 Å². The van der Waals surface area contributed by atoms with Gasteiger partial charge in [0.05, 0.1) is 0 Å². The van der Waals surface area contributed by atoms with Gasteiger partial charge in [0.1, 0.15) is 13.2 Å². The molecule has 3 rings (SSSR count). The van der Waals surface area contributed by atoms with Crippen LogP contribution in [0, 0.1) is 0 Å². The number of fused-ring (bicyclic) bond motifs is 1. The second kappa shape index (κ2) is 6.87. The molecule has 0 saturated heterocycles. The fraction of sp³-hybridized carbons (Fsp3) is 0.375. The molecule has 1 aromatic heterocycles. The number of thioether (sulfide) groups is 1. The highest BCUT2D eigenvalue weighted by Gasteiger charge is 2.12. The van der Waals surface area contributed by atoms with E-state index in [0.29, 0.717) is 18.4 Å². The third-order valence-electron chi connectivity index (χ3n) is 3.26. The van der Waals surface area contributed by atoms with Crippen molar-refractivity contribution in [2.24, 2.45) is 0 Å². The zero-order valence-corrected chi connectivity index (χ0v) is 13.2. The van der Waals surface area contributed by atoms with Crippen LogP contribution in [-0.4, -0.2) is 23.2 Å². The van der Waals surface area contributed by atoms with Crippen molar-refractivity contribution in [3.05, 3.63) is 45.9 Å². The smallest absolute Gasteiger partial charge is 0.251 e. The average molecular weight is 318 g/mol. The second-order valence-electron chi connectivity index (χ2n) is 5.06. The highest BCUT2D eigenvalue weighted by Crippen LogP contribution is 2.32. The maximum absolute atomic E-state index is 11.6. The maximum atomic E-state index is 11.6. The van der Waals surface area contributed by atoms with E-state index < -0.39 is 0 Å². The van der Waals surface area contributed by atoms with E-state index in [1.807, 2.05) is 18.2 Å². The number of aromatic nitrogens is 2. The summed E-state index contributed by atoms with van der Waals surface area (Å²) in [5.41, 5.74) is 1.86. The Morgan fingerprint density at radius 1 is 1.23 bits per heavy atom. The van der Waals surface area contributed by atoms with Crippen LogP contribution < -0.4 is 15.0 Å². The molecule has 1 aliphatic rings. The molecule has 22 heavy (non-hydrogen) atoms. The molecule has 0 fully saturated rings. The first-order valence-electron chi connectivity index (χ1n) is 7.36. The molecular weight excluding hydrogens is 300 g/mol. The number of aryl methyl sites for hydroxylation is 1. The van der Waals surface area contributed by atoms with Gasteiger partial charge in [-0.15, -0.1) is 0 Å². The normalized spacial score (nSPS) is 13.1. The molecule has 0 aliphatic carbocycles. The molecule has 6 heteroatoms. The summed E-state index contributed by atoms with van der Waals surface area (Å²) in [6, 6.07) is 7.48. The van der Waals surface area contributed by atoms with Crippen LogP contribution in [-0.2, 0) is 12.2 Å². The standard InChI is InChI=1S/C16H18N2O3S/c1-2-3-12-9-15(19)18-16(17-12)22-10-11-4-5-13-14(8-11)21-7-6-20-13/h4-5,8-9H,2-3,6-7,10H2,1H3,(H,17,18,19). The van der Waals surface area contributed by atoms with Gasteiger partial charge in [-0.1, -0.05) is 31.2 Å². The molecule has 0 atom stereocenters. The van der Waals surface area contributed by atoms with Gasteiger partial charge in [0.15, 0.2) is 16.7 Å². The molecule has 0 saturated carbocycles. The SMILES string of the molecule is CCCc1cc(=O)[nH]c(SCc2ccc3c(c2)OCCO3)n1. The molecular formula is C16H18N2O3S. The van der Waals surface area contributed by atoms with Gasteiger partial charge in [-0.05, 0) is 24.1 Å². The van der Waals surface area contributed by atoms with E-state index in [9.17, 15) is 4.79 Å². The molecule has 1 aromatic carbocycles. The van der Waals surface area contributed by atoms with E-state index in [2.05, 4.69) is 16.9 Å². The van der Waals surface area contributed by atoms with E-state index in [0.717, 1.165) is 41.4 Å². The van der Waals surface area contributed by atoms with Crippen molar-refractivity contribution in [1.82, 2.24) is 9.97 Å². The van der Waals surface area contributed by atoms with E-state index in [4.69, 9.17) is 9.47 Å². The van der Waals surface area contributed by atoms with Crippen LogP contribution in [0.3, 0.4) is 0 Å². The van der Waals surface area contributed by atoms with Gasteiger partial charge in [0, 0.05) is 17.5 Å². The molecule has 5 nitrogen and oxygen atoms in total. The van der Waals surface area contributed by atoms with Gasteiger partial charge in [-0.25, -0.2) is 4.98 Å². The lowest BCUT2D eigenvalue weighted by molar-refractivity contribution is 0.171. The fourth-order valence-electron chi connectivity index (χ4n) is 2.27. The molecule has 0 radical (unpaired) electrons. The number of hydrogen-bond acceptors (Lipinski definition) is 5. The number of H-pyrrole nitrogens is 1. The van der Waals surface area contributed by atoms with Crippen molar-refractivity contribution in [3.63, 3.8) is 0 Å². The summed E-state index contributed by atoms with van der Waals surface area (Å²) in [6.07, 6.45) is 1.80. The molecule has 1 aliphatic heterocycles. The Labute approximate surface area is 133 Å². The summed E-state index contributed by atoms with van der Waals surface area (Å²) in [5.74, 6) is 2.29. The Morgan fingerprint density at radius 2 is 2.05 bits per heavy atom. The molecule has 0 amide bonds. The van der Waals surface area contributed by atoms with Crippen LogP contribution in [0.5, 0.6) is 11.5 Å². The summed E-state index contributed by atoms with van der Waals surface area (Å²) >= 11 is 1.52. The van der Waals surface area contributed by atoms with Gasteiger partial charge in [-0.2, -0.15) is 0 Å². The summed E-state index contributed by atoms with van der Waals surface area (Å²) in [7, 11) is 0. The highest BCUT2D eigenvalue weighted by atomic mass is 32.2. The van der Waals surface area contributed by atoms with Crippen LogP contribution in [0.15, 0.2) is 34.2 Å². The lowest BCUT2D eigenvalue weighted by Gasteiger charge is -2.18. The molecule has 2 heterocycles. The summed E-state index contributed by atoms with van der Waals surface area (Å²) < 4.78 is 11.1. The molecule has 1 N–H and O–H groups in total. The first-order chi connectivity index (χ1) is 10.7. The minimum absolute atomic E-state index is 0.0943. The molecule has 116 valence electrons. The Kier molecular flexibility index (Phi) is 4.68. The molecule has 0 unspecified atom stereocenters. The lowest BCUT2D eigenvalue weighted by atomic mass is 10.2. The van der Waals surface area contributed by atoms with Crippen LogP contribution in [0.4, 0.5) is 0 Å². The van der Waals surface area contributed by atoms with Crippen LogP contribution in [0.1, 0.15) is 24.6 Å². The minimum atomic E-state index is -0.0943. The third-order valence-corrected chi connectivity index (χ3v) is 4.21. The maximum Gasteiger partial charge on any atom is 0.251 e. The zero-order valence-electron chi connectivity index (χ0n) is 12.4. The zero-order chi connectivity index (χ0) is 15.4. The number of nitrogens with one attached hydrogen (secondary N) is 1. The number of aromatic amines is 1. The monoisotopic (exact) mass is 318 g/mol. The Morgan fingerprint density at radius 3 is 2.86 bits per heavy atom. The van der Waals surface area contributed by atoms with Crippen LogP contribution in [0.25, 0.3) is 0 Å². The number of nitrogens with zero attached hydrogens (tertiary/aromatic N) is 1. The van der Waals surface area contributed by atoms with Crippen molar-refractivity contribution in [1.29, 1.82) is 0 Å². The van der Waals surface area contributed by atoms with E-state index in [1.54, 1.807) is 6.07 Å². The van der Waals surface area contributed by atoms with E-state index >= 15 is 0 Å². The van der Waals surface area contributed by atoms with Gasteiger partial charge in [-0.3, -0.25) is 4.79 Å². The average Bonchev–Trinajstić information content (AvgIpc) is 2.52. The third kappa shape index (κ3) is 3.62. The number of ether oxygens (including phenoxy) is 2. The summed E-state index contributed by atoms with van der Waals surface area (Å²) in [5, 5.41) is 0.658. The van der Waals surface area contributed by atoms with Crippen LogP contribution in [0.2, 0.25) is 0 Å². The van der Waals surface area contributed by atoms with Crippen molar-refractivity contribution in [2.45, 2.75) is 30.7 Å². The van der Waals surface area contributed by atoms with Gasteiger partial charge in [0.25, 0.3) is 5.56 Å².